The Morgan fingerprint density at radius 3 is 2.73 bits per heavy atom. The van der Waals surface area contributed by atoms with Crippen LogP contribution in [-0.4, -0.2) is 62.7 Å². The lowest BCUT2D eigenvalue weighted by molar-refractivity contribution is 0.0966. The number of nitrogens with one attached hydrogen (secondary N) is 2. The van der Waals surface area contributed by atoms with Crippen LogP contribution in [0.5, 0.6) is 5.75 Å². The molecule has 0 saturated carbocycles. The minimum absolute atomic E-state index is 0.0256. The fourth-order valence-corrected chi connectivity index (χ4v) is 5.25. The first-order valence-electron chi connectivity index (χ1n) is 9.96. The number of benzene rings is 2. The smallest absolute Gasteiger partial charge is 0.327 e. The monoisotopic (exact) mass is 508 g/mol. The van der Waals surface area contributed by atoms with Gasteiger partial charge in [0.2, 0.25) is 0 Å². The van der Waals surface area contributed by atoms with Crippen molar-refractivity contribution in [3.05, 3.63) is 47.0 Å². The highest BCUT2D eigenvalue weighted by molar-refractivity contribution is 7.90. The fraction of sp³-hybridized carbons (Fsp3) is 0.286. The van der Waals surface area contributed by atoms with E-state index in [2.05, 4.69) is 20.5 Å². The van der Waals surface area contributed by atoms with Gasteiger partial charge in [-0.1, -0.05) is 22.9 Å². The van der Waals surface area contributed by atoms with Gasteiger partial charge >= 0.3 is 6.03 Å². The number of imide groups is 1. The molecule has 1 atom stereocenters. The zero-order chi connectivity index (χ0) is 23.8. The van der Waals surface area contributed by atoms with E-state index in [0.717, 1.165) is 37.1 Å². The van der Waals surface area contributed by atoms with E-state index in [1.165, 1.54) is 18.2 Å². The van der Waals surface area contributed by atoms with E-state index in [4.69, 9.17) is 16.3 Å². The Kier molecular flexibility index (Phi) is 6.57. The molecular formula is C21H21ClN4O5S2. The molecular weight excluding hydrogens is 488 g/mol. The molecule has 2 aromatic carbocycles. The van der Waals surface area contributed by atoms with Crippen molar-refractivity contribution in [1.29, 1.82) is 0 Å². The number of urea groups is 1. The molecule has 0 radical (unpaired) electrons. The fourth-order valence-electron chi connectivity index (χ4n) is 3.42. The van der Waals surface area contributed by atoms with Crippen molar-refractivity contribution >= 4 is 60.1 Å². The van der Waals surface area contributed by atoms with Crippen LogP contribution in [0, 0.1) is 0 Å². The molecule has 0 aliphatic carbocycles. The molecule has 3 aromatic rings. The third-order valence-electron chi connectivity index (χ3n) is 5.07. The molecule has 4 rings (SSSR count). The topological polar surface area (TPSA) is 118 Å². The average Bonchev–Trinajstić information content (AvgIpc) is 3.32. The number of carbonyl (C=O) groups is 2. The number of likely N-dealkylation sites (tertiary alicyclic amines) is 1. The van der Waals surface area contributed by atoms with Crippen LogP contribution >= 0.6 is 22.9 Å². The summed E-state index contributed by atoms with van der Waals surface area (Å²) in [5, 5.41) is 5.12. The second kappa shape index (κ2) is 9.26. The Morgan fingerprint density at radius 1 is 1.24 bits per heavy atom. The largest absolute Gasteiger partial charge is 0.489 e. The van der Waals surface area contributed by atoms with E-state index in [1.54, 1.807) is 18.2 Å². The van der Waals surface area contributed by atoms with Crippen molar-refractivity contribution in [2.45, 2.75) is 17.4 Å². The van der Waals surface area contributed by atoms with E-state index in [1.807, 2.05) is 7.05 Å². The minimum atomic E-state index is -3.36. The van der Waals surface area contributed by atoms with Gasteiger partial charge in [-0.2, -0.15) is 0 Å². The Hall–Kier alpha value is -2.73. The summed E-state index contributed by atoms with van der Waals surface area (Å²) in [4.78, 5) is 31.5. The molecule has 1 fully saturated rings. The highest BCUT2D eigenvalue weighted by Gasteiger charge is 2.22. The Morgan fingerprint density at radius 2 is 2.03 bits per heavy atom. The number of hydrogen-bond donors (Lipinski definition) is 2. The maximum Gasteiger partial charge on any atom is 0.327 e. The van der Waals surface area contributed by atoms with Gasteiger partial charge in [0.1, 0.15) is 11.9 Å². The molecule has 2 heterocycles. The van der Waals surface area contributed by atoms with Crippen LogP contribution < -0.4 is 15.4 Å². The molecule has 1 aromatic heterocycles. The Balaban J connectivity index is 1.43. The number of thiazole rings is 1. The first kappa shape index (κ1) is 23.4. The van der Waals surface area contributed by atoms with Crippen LogP contribution in [-0.2, 0) is 9.84 Å². The number of fused-ring (bicyclic) bond motifs is 1. The first-order chi connectivity index (χ1) is 15.6. The maximum atomic E-state index is 12.6. The number of aromatic nitrogens is 1. The van der Waals surface area contributed by atoms with Crippen LogP contribution in [0.4, 0.5) is 9.93 Å². The molecule has 9 nitrogen and oxygen atoms in total. The number of rotatable bonds is 5. The summed E-state index contributed by atoms with van der Waals surface area (Å²) in [6, 6.07) is 8.45. The lowest BCUT2D eigenvalue weighted by Gasteiger charge is -2.15. The third-order valence-corrected chi connectivity index (χ3v) is 7.44. The molecule has 1 aliphatic heterocycles. The molecule has 1 saturated heterocycles. The van der Waals surface area contributed by atoms with Gasteiger partial charge in [0.15, 0.2) is 15.0 Å². The third kappa shape index (κ3) is 5.61. The number of likely N-dealkylation sites (N-methyl/N-ethyl adjacent to an activating group) is 1. The van der Waals surface area contributed by atoms with Crippen LogP contribution in [0.3, 0.4) is 0 Å². The van der Waals surface area contributed by atoms with E-state index >= 15 is 0 Å². The summed E-state index contributed by atoms with van der Waals surface area (Å²) in [5.74, 6) is -0.190. The summed E-state index contributed by atoms with van der Waals surface area (Å²) in [6.07, 6.45) is 2.03. The van der Waals surface area contributed by atoms with Crippen LogP contribution in [0.1, 0.15) is 16.8 Å². The zero-order valence-electron chi connectivity index (χ0n) is 17.8. The Labute approximate surface area is 199 Å². The molecule has 2 N–H and O–H groups in total. The lowest BCUT2D eigenvalue weighted by Crippen LogP contribution is -2.34. The summed E-state index contributed by atoms with van der Waals surface area (Å²) in [7, 11) is -1.35. The predicted octanol–water partition coefficient (Wildman–Crippen LogP) is 3.40. The SMILES string of the molecule is CN1CCC(Oc2ccc(Cl)c(C(=O)NC(=O)Nc3nc4ccc(S(C)(=O)=O)cc4s3)c2)C1. The molecule has 1 unspecified atom stereocenters. The number of ether oxygens (including phenoxy) is 1. The van der Waals surface area contributed by atoms with Crippen molar-refractivity contribution in [3.63, 3.8) is 0 Å². The van der Waals surface area contributed by atoms with Gasteiger partial charge in [0.25, 0.3) is 5.91 Å². The van der Waals surface area contributed by atoms with Crippen molar-refractivity contribution in [3.8, 4) is 5.75 Å². The summed E-state index contributed by atoms with van der Waals surface area (Å²) in [5.41, 5.74) is 0.636. The van der Waals surface area contributed by atoms with E-state index in [9.17, 15) is 18.0 Å². The second-order valence-corrected chi connectivity index (χ2v) is 11.2. The lowest BCUT2D eigenvalue weighted by atomic mass is 10.2. The van der Waals surface area contributed by atoms with Crippen molar-refractivity contribution in [2.75, 3.05) is 31.7 Å². The average molecular weight is 509 g/mol. The van der Waals surface area contributed by atoms with Crippen molar-refractivity contribution < 1.29 is 22.7 Å². The van der Waals surface area contributed by atoms with Gasteiger partial charge in [-0.25, -0.2) is 18.2 Å². The second-order valence-electron chi connectivity index (χ2n) is 7.76. The maximum absolute atomic E-state index is 12.6. The number of anilines is 1. The number of hydrogen-bond acceptors (Lipinski definition) is 8. The molecule has 1 aliphatic rings. The van der Waals surface area contributed by atoms with Gasteiger partial charge in [-0.3, -0.25) is 15.4 Å². The molecule has 0 spiro atoms. The van der Waals surface area contributed by atoms with Gasteiger partial charge in [0.05, 0.1) is 25.7 Å². The molecule has 0 bridgehead atoms. The van der Waals surface area contributed by atoms with Crippen molar-refractivity contribution in [1.82, 2.24) is 15.2 Å². The minimum Gasteiger partial charge on any atom is -0.489 e. The standard InChI is InChI=1S/C21H21ClN4O5S2/c1-26-8-7-13(11-26)31-12-3-5-16(22)15(9-12)19(27)24-20(28)25-21-23-17-6-4-14(33(2,29)30)10-18(17)32-21/h3-6,9-10,13H,7-8,11H2,1-2H3,(H2,23,24,25,27,28). The van der Waals surface area contributed by atoms with Gasteiger partial charge < -0.3 is 9.64 Å². The quantitative estimate of drug-likeness (QED) is 0.542. The normalized spacial score (nSPS) is 16.6. The number of nitrogens with zero attached hydrogens (tertiary/aromatic N) is 2. The van der Waals surface area contributed by atoms with E-state index in [-0.39, 0.29) is 26.7 Å². The van der Waals surface area contributed by atoms with Crippen LogP contribution in [0.2, 0.25) is 5.02 Å². The molecule has 174 valence electrons. The van der Waals surface area contributed by atoms with Gasteiger partial charge in [-0.05, 0) is 49.9 Å². The summed E-state index contributed by atoms with van der Waals surface area (Å²) in [6.45, 7) is 1.73. The zero-order valence-corrected chi connectivity index (χ0v) is 20.2. The molecule has 3 amide bonds. The van der Waals surface area contributed by atoms with Crippen LogP contribution in [0.15, 0.2) is 41.3 Å². The predicted molar refractivity (Wildman–Crippen MR) is 127 cm³/mol. The van der Waals surface area contributed by atoms with E-state index in [0.29, 0.717) is 16.0 Å². The first-order valence-corrected chi connectivity index (χ1v) is 13.0. The highest BCUT2D eigenvalue weighted by atomic mass is 35.5. The number of sulfone groups is 1. The summed E-state index contributed by atoms with van der Waals surface area (Å²) >= 11 is 7.26. The molecule has 33 heavy (non-hydrogen) atoms. The summed E-state index contributed by atoms with van der Waals surface area (Å²) < 4.78 is 30.0. The molecule has 12 heteroatoms. The number of halogens is 1. The van der Waals surface area contributed by atoms with Gasteiger partial charge in [0, 0.05) is 19.3 Å². The van der Waals surface area contributed by atoms with Crippen molar-refractivity contribution in [2.24, 2.45) is 0 Å². The van der Waals surface area contributed by atoms with E-state index < -0.39 is 21.8 Å². The van der Waals surface area contributed by atoms with Gasteiger partial charge in [-0.15, -0.1) is 0 Å². The Bertz CT molecular complexity index is 1340. The highest BCUT2D eigenvalue weighted by Crippen LogP contribution is 2.28. The van der Waals surface area contributed by atoms with Crippen LogP contribution in [0.25, 0.3) is 10.2 Å². The number of carbonyl (C=O) groups excluding carboxylic acids is 2. The number of amides is 3.